The fraction of sp³-hybridized carbons (Fsp3) is 0. The minimum absolute atomic E-state index is 0.885. The third-order valence-corrected chi connectivity index (χ3v) is 3.64. The van der Waals surface area contributed by atoms with Crippen LogP contribution in [0, 0.1) is 0 Å². The first-order valence-corrected chi connectivity index (χ1v) is 6.71. The average molecular weight is 313 g/mol. The molecule has 3 heterocycles. The number of fused-ring (bicyclic) bond motifs is 2. The van der Waals surface area contributed by atoms with Gasteiger partial charge in [0.15, 0.2) is 0 Å². The molecule has 0 spiro atoms. The van der Waals surface area contributed by atoms with Gasteiger partial charge in [-0.25, -0.2) is 4.98 Å². The monoisotopic (exact) mass is 312 g/mol. The van der Waals surface area contributed by atoms with Gasteiger partial charge in [-0.3, -0.25) is 0 Å². The Morgan fingerprint density at radius 1 is 1.05 bits per heavy atom. The molecule has 0 radical (unpaired) electrons. The summed E-state index contributed by atoms with van der Waals surface area (Å²) in [5, 5.41) is 1.09. The molecule has 0 fully saturated rings. The van der Waals surface area contributed by atoms with Crippen molar-refractivity contribution in [1.29, 1.82) is 0 Å². The molecule has 1 aromatic carbocycles. The van der Waals surface area contributed by atoms with Crippen molar-refractivity contribution in [3.8, 4) is 11.3 Å². The second-order valence-electron chi connectivity index (χ2n) is 4.38. The quantitative estimate of drug-likeness (QED) is 0.517. The van der Waals surface area contributed by atoms with Gasteiger partial charge in [0.05, 0.1) is 5.69 Å². The van der Waals surface area contributed by atoms with Gasteiger partial charge in [-0.2, -0.15) is 0 Å². The Morgan fingerprint density at radius 2 is 1.95 bits per heavy atom. The van der Waals surface area contributed by atoms with Crippen LogP contribution in [0.25, 0.3) is 27.9 Å². The highest BCUT2D eigenvalue weighted by Gasteiger charge is 2.11. The normalized spacial score (nSPS) is 11.4. The zero-order valence-electron chi connectivity index (χ0n) is 9.88. The SMILES string of the molecule is Brc1ccc2nc(-c3coc4ccccc34)cn2c1. The van der Waals surface area contributed by atoms with E-state index in [-0.39, 0.29) is 0 Å². The molecule has 0 bridgehead atoms. The summed E-state index contributed by atoms with van der Waals surface area (Å²) < 4.78 is 8.59. The minimum atomic E-state index is 0.885. The highest BCUT2D eigenvalue weighted by Crippen LogP contribution is 2.30. The van der Waals surface area contributed by atoms with Crippen molar-refractivity contribution in [3.63, 3.8) is 0 Å². The van der Waals surface area contributed by atoms with Crippen molar-refractivity contribution in [3.05, 3.63) is 59.5 Å². The number of imidazole rings is 1. The molecular weight excluding hydrogens is 304 g/mol. The number of rotatable bonds is 1. The molecule has 0 atom stereocenters. The Bertz CT molecular complexity index is 891. The van der Waals surface area contributed by atoms with E-state index in [1.165, 1.54) is 0 Å². The summed E-state index contributed by atoms with van der Waals surface area (Å²) in [6.45, 7) is 0. The van der Waals surface area contributed by atoms with Crippen LogP contribution in [-0.4, -0.2) is 9.38 Å². The van der Waals surface area contributed by atoms with Crippen molar-refractivity contribution in [1.82, 2.24) is 9.38 Å². The summed E-state index contributed by atoms with van der Waals surface area (Å²) in [7, 11) is 0. The lowest BCUT2D eigenvalue weighted by atomic mass is 10.1. The maximum atomic E-state index is 5.56. The van der Waals surface area contributed by atoms with E-state index in [2.05, 4.69) is 20.9 Å². The number of hydrogen-bond acceptors (Lipinski definition) is 2. The zero-order chi connectivity index (χ0) is 12.8. The van der Waals surface area contributed by atoms with Crippen LogP contribution in [0.1, 0.15) is 0 Å². The van der Waals surface area contributed by atoms with Crippen LogP contribution in [0.4, 0.5) is 0 Å². The molecule has 0 aliphatic carbocycles. The van der Waals surface area contributed by atoms with Crippen LogP contribution in [0.5, 0.6) is 0 Å². The lowest BCUT2D eigenvalue weighted by Gasteiger charge is -1.91. The molecule has 4 heteroatoms. The Hall–Kier alpha value is -2.07. The largest absolute Gasteiger partial charge is 0.464 e. The van der Waals surface area contributed by atoms with Crippen LogP contribution in [0.15, 0.2) is 63.9 Å². The maximum absolute atomic E-state index is 5.56. The van der Waals surface area contributed by atoms with Gasteiger partial charge >= 0.3 is 0 Å². The second kappa shape index (κ2) is 3.96. The van der Waals surface area contributed by atoms with Gasteiger partial charge in [0.1, 0.15) is 17.5 Å². The van der Waals surface area contributed by atoms with E-state index >= 15 is 0 Å². The van der Waals surface area contributed by atoms with Crippen LogP contribution in [-0.2, 0) is 0 Å². The number of nitrogens with zero attached hydrogens (tertiary/aromatic N) is 2. The number of hydrogen-bond donors (Lipinski definition) is 0. The Labute approximate surface area is 117 Å². The van der Waals surface area contributed by atoms with Gasteiger partial charge in [-0.1, -0.05) is 18.2 Å². The number of pyridine rings is 1. The fourth-order valence-corrected chi connectivity index (χ4v) is 2.62. The van der Waals surface area contributed by atoms with Gasteiger partial charge < -0.3 is 8.82 Å². The molecular formula is C15H9BrN2O. The highest BCUT2D eigenvalue weighted by molar-refractivity contribution is 9.10. The second-order valence-corrected chi connectivity index (χ2v) is 5.30. The van der Waals surface area contributed by atoms with E-state index in [9.17, 15) is 0 Å². The first kappa shape index (κ1) is 10.8. The Kier molecular flexibility index (Phi) is 2.26. The summed E-state index contributed by atoms with van der Waals surface area (Å²) in [4.78, 5) is 4.63. The standard InChI is InChI=1S/C15H9BrN2O/c16-10-5-6-15-17-13(8-18(15)7-10)12-9-19-14-4-2-1-3-11(12)14/h1-9H. The summed E-state index contributed by atoms with van der Waals surface area (Å²) in [5.41, 5.74) is 3.75. The van der Waals surface area contributed by atoms with Crippen molar-refractivity contribution in [2.45, 2.75) is 0 Å². The van der Waals surface area contributed by atoms with E-state index in [0.717, 1.165) is 32.3 Å². The van der Waals surface area contributed by atoms with Crippen LogP contribution in [0.2, 0.25) is 0 Å². The van der Waals surface area contributed by atoms with Gasteiger partial charge in [0.2, 0.25) is 0 Å². The molecule has 19 heavy (non-hydrogen) atoms. The third-order valence-electron chi connectivity index (χ3n) is 3.17. The Balaban J connectivity index is 1.99. The molecule has 0 aliphatic heterocycles. The number of benzene rings is 1. The zero-order valence-corrected chi connectivity index (χ0v) is 11.5. The fourth-order valence-electron chi connectivity index (χ4n) is 2.27. The average Bonchev–Trinajstić information content (AvgIpc) is 3.00. The summed E-state index contributed by atoms with van der Waals surface area (Å²) in [6, 6.07) is 12.0. The molecule has 4 rings (SSSR count). The lowest BCUT2D eigenvalue weighted by molar-refractivity contribution is 0.617. The van der Waals surface area contributed by atoms with Gasteiger partial charge in [-0.15, -0.1) is 0 Å². The number of halogens is 1. The predicted octanol–water partition coefficient (Wildman–Crippen LogP) is 4.51. The van der Waals surface area contributed by atoms with Gasteiger partial charge in [0.25, 0.3) is 0 Å². The molecule has 0 aliphatic rings. The summed E-state index contributed by atoms with van der Waals surface area (Å²) in [5.74, 6) is 0. The molecule has 3 aromatic heterocycles. The molecule has 0 amide bonds. The van der Waals surface area contributed by atoms with Crippen LogP contribution >= 0.6 is 15.9 Å². The smallest absolute Gasteiger partial charge is 0.137 e. The molecule has 3 nitrogen and oxygen atoms in total. The third kappa shape index (κ3) is 1.68. The van der Waals surface area contributed by atoms with Crippen molar-refractivity contribution < 1.29 is 4.42 Å². The van der Waals surface area contributed by atoms with Crippen LogP contribution < -0.4 is 0 Å². The van der Waals surface area contributed by atoms with Gasteiger partial charge in [0, 0.05) is 27.8 Å². The number of para-hydroxylation sites is 1. The van der Waals surface area contributed by atoms with E-state index in [1.54, 1.807) is 6.26 Å². The van der Waals surface area contributed by atoms with E-state index in [1.807, 2.05) is 53.2 Å². The molecule has 92 valence electrons. The van der Waals surface area contributed by atoms with E-state index in [4.69, 9.17) is 4.42 Å². The Morgan fingerprint density at radius 3 is 2.89 bits per heavy atom. The summed E-state index contributed by atoms with van der Waals surface area (Å²) in [6.07, 6.45) is 5.77. The van der Waals surface area contributed by atoms with Crippen molar-refractivity contribution in [2.24, 2.45) is 0 Å². The number of aromatic nitrogens is 2. The lowest BCUT2D eigenvalue weighted by Crippen LogP contribution is -1.80. The van der Waals surface area contributed by atoms with Crippen molar-refractivity contribution >= 4 is 32.5 Å². The topological polar surface area (TPSA) is 30.4 Å². The van der Waals surface area contributed by atoms with Crippen LogP contribution in [0.3, 0.4) is 0 Å². The highest BCUT2D eigenvalue weighted by atomic mass is 79.9. The minimum Gasteiger partial charge on any atom is -0.464 e. The number of furan rings is 1. The van der Waals surface area contributed by atoms with Gasteiger partial charge in [-0.05, 0) is 34.1 Å². The van der Waals surface area contributed by atoms with E-state index in [0.29, 0.717) is 0 Å². The first-order valence-electron chi connectivity index (χ1n) is 5.92. The maximum Gasteiger partial charge on any atom is 0.137 e. The van der Waals surface area contributed by atoms with E-state index < -0.39 is 0 Å². The first-order chi connectivity index (χ1) is 9.31. The molecule has 4 aromatic rings. The summed E-state index contributed by atoms with van der Waals surface area (Å²) >= 11 is 3.46. The molecule has 0 saturated heterocycles. The molecule has 0 saturated carbocycles. The molecule has 0 N–H and O–H groups in total. The van der Waals surface area contributed by atoms with Crippen molar-refractivity contribution in [2.75, 3.05) is 0 Å². The molecule has 0 unspecified atom stereocenters. The predicted molar refractivity (Wildman–Crippen MR) is 78.1 cm³/mol.